The summed E-state index contributed by atoms with van der Waals surface area (Å²) in [5, 5.41) is 8.89. The van der Waals surface area contributed by atoms with Crippen LogP contribution in [0.1, 0.15) is 11.3 Å². The van der Waals surface area contributed by atoms with Crippen LogP contribution in [0.15, 0.2) is 34.7 Å². The average Bonchev–Trinajstić information content (AvgIpc) is 2.66. The van der Waals surface area contributed by atoms with Crippen LogP contribution in [0, 0.1) is 6.92 Å². The molecule has 2 rings (SSSR count). The lowest BCUT2D eigenvalue weighted by atomic mass is 10.1. The van der Waals surface area contributed by atoms with Crippen LogP contribution in [0.2, 0.25) is 0 Å². The first-order valence-corrected chi connectivity index (χ1v) is 4.77. The molecule has 0 unspecified atom stereocenters. The van der Waals surface area contributed by atoms with Crippen LogP contribution in [-0.2, 0) is 6.61 Å². The second-order valence-electron chi connectivity index (χ2n) is 3.51. The second-order valence-corrected chi connectivity index (χ2v) is 3.51. The van der Waals surface area contributed by atoms with Crippen molar-refractivity contribution >= 4 is 5.69 Å². The lowest BCUT2D eigenvalue weighted by Crippen LogP contribution is -1.89. The minimum absolute atomic E-state index is 0.0915. The highest BCUT2D eigenvalue weighted by atomic mass is 16.4. The van der Waals surface area contributed by atoms with Crippen molar-refractivity contribution in [2.45, 2.75) is 13.5 Å². The van der Waals surface area contributed by atoms with E-state index in [1.807, 2.05) is 31.2 Å². The van der Waals surface area contributed by atoms with Gasteiger partial charge >= 0.3 is 0 Å². The quantitative estimate of drug-likeness (QED) is 0.736. The van der Waals surface area contributed by atoms with Gasteiger partial charge < -0.3 is 15.3 Å². The molecule has 0 saturated heterocycles. The van der Waals surface area contributed by atoms with Crippen molar-refractivity contribution in [3.8, 4) is 11.3 Å². The van der Waals surface area contributed by atoms with Gasteiger partial charge in [-0.25, -0.2) is 0 Å². The van der Waals surface area contributed by atoms with E-state index in [1.165, 1.54) is 0 Å². The van der Waals surface area contributed by atoms with E-state index in [-0.39, 0.29) is 6.61 Å². The Bertz CT molecular complexity index is 474. The fraction of sp³-hybridized carbons (Fsp3) is 0.167. The number of anilines is 1. The summed E-state index contributed by atoms with van der Waals surface area (Å²) in [6.07, 6.45) is 0. The zero-order valence-corrected chi connectivity index (χ0v) is 8.53. The van der Waals surface area contributed by atoms with Gasteiger partial charge in [-0.1, -0.05) is 6.07 Å². The molecule has 0 fully saturated rings. The number of hydrogen-bond acceptors (Lipinski definition) is 3. The molecule has 3 nitrogen and oxygen atoms in total. The molecule has 0 aliphatic rings. The van der Waals surface area contributed by atoms with Crippen molar-refractivity contribution in [1.29, 1.82) is 0 Å². The number of nitrogens with two attached hydrogens (primary N) is 1. The molecule has 0 aliphatic heterocycles. The Morgan fingerprint density at radius 2 is 2.07 bits per heavy atom. The normalized spacial score (nSPS) is 10.5. The maximum atomic E-state index is 8.89. The molecule has 0 bridgehead atoms. The van der Waals surface area contributed by atoms with Crippen molar-refractivity contribution in [3.05, 3.63) is 41.7 Å². The molecule has 78 valence electrons. The van der Waals surface area contributed by atoms with Gasteiger partial charge in [-0.2, -0.15) is 0 Å². The molecule has 3 heteroatoms. The highest BCUT2D eigenvalue weighted by Gasteiger charge is 2.07. The zero-order valence-electron chi connectivity index (χ0n) is 8.53. The smallest absolute Gasteiger partial charge is 0.136 e. The van der Waals surface area contributed by atoms with Gasteiger partial charge in [0.2, 0.25) is 0 Å². The lowest BCUT2D eigenvalue weighted by molar-refractivity contribution is 0.248. The fourth-order valence-corrected chi connectivity index (χ4v) is 1.51. The molecule has 0 radical (unpaired) electrons. The summed E-state index contributed by atoms with van der Waals surface area (Å²) in [7, 11) is 0. The summed E-state index contributed by atoms with van der Waals surface area (Å²) in [6.45, 7) is 1.90. The van der Waals surface area contributed by atoms with E-state index in [1.54, 1.807) is 6.07 Å². The van der Waals surface area contributed by atoms with Crippen LogP contribution < -0.4 is 5.73 Å². The van der Waals surface area contributed by atoms with Gasteiger partial charge in [-0.15, -0.1) is 0 Å². The number of aliphatic hydroxyl groups excluding tert-OH is 1. The summed E-state index contributed by atoms with van der Waals surface area (Å²) in [4.78, 5) is 0. The SMILES string of the molecule is Cc1ccc(-c2ccc(CO)o2)c(N)c1. The molecule has 0 amide bonds. The summed E-state index contributed by atoms with van der Waals surface area (Å²) in [6, 6.07) is 9.36. The summed E-state index contributed by atoms with van der Waals surface area (Å²) in [5.74, 6) is 1.24. The minimum atomic E-state index is -0.0915. The highest BCUT2D eigenvalue weighted by Crippen LogP contribution is 2.28. The molecule has 3 N–H and O–H groups in total. The van der Waals surface area contributed by atoms with Crippen LogP contribution in [0.5, 0.6) is 0 Å². The molecular formula is C12H13NO2. The van der Waals surface area contributed by atoms with E-state index in [2.05, 4.69) is 0 Å². The molecule has 0 spiro atoms. The van der Waals surface area contributed by atoms with Crippen molar-refractivity contribution in [3.63, 3.8) is 0 Å². The third-order valence-electron chi connectivity index (χ3n) is 2.29. The highest BCUT2D eigenvalue weighted by molar-refractivity contribution is 5.73. The Balaban J connectivity index is 2.44. The van der Waals surface area contributed by atoms with Crippen LogP contribution >= 0.6 is 0 Å². The number of aryl methyl sites for hydroxylation is 1. The van der Waals surface area contributed by atoms with Crippen LogP contribution in [0.3, 0.4) is 0 Å². The van der Waals surface area contributed by atoms with E-state index in [9.17, 15) is 0 Å². The van der Waals surface area contributed by atoms with Crippen molar-refractivity contribution in [1.82, 2.24) is 0 Å². The third-order valence-corrected chi connectivity index (χ3v) is 2.29. The van der Waals surface area contributed by atoms with Gasteiger partial charge in [0.15, 0.2) is 0 Å². The maximum absolute atomic E-state index is 8.89. The Morgan fingerprint density at radius 1 is 1.27 bits per heavy atom. The van der Waals surface area contributed by atoms with E-state index in [0.29, 0.717) is 17.2 Å². The molecule has 15 heavy (non-hydrogen) atoms. The Hall–Kier alpha value is -1.74. The van der Waals surface area contributed by atoms with Crippen LogP contribution in [-0.4, -0.2) is 5.11 Å². The minimum Gasteiger partial charge on any atom is -0.459 e. The van der Waals surface area contributed by atoms with E-state index in [4.69, 9.17) is 15.3 Å². The number of aliphatic hydroxyl groups is 1. The number of benzene rings is 1. The number of hydrogen-bond donors (Lipinski definition) is 2. The van der Waals surface area contributed by atoms with E-state index >= 15 is 0 Å². The predicted molar refractivity (Wildman–Crippen MR) is 59.2 cm³/mol. The molecule has 0 saturated carbocycles. The average molecular weight is 203 g/mol. The molecule has 1 aromatic heterocycles. The van der Waals surface area contributed by atoms with Crippen LogP contribution in [0.4, 0.5) is 5.69 Å². The first kappa shape index (κ1) is 9.80. The standard InChI is InChI=1S/C12H13NO2/c1-8-2-4-10(11(13)6-8)12-5-3-9(7-14)15-12/h2-6,14H,7,13H2,1H3. The van der Waals surface area contributed by atoms with Crippen molar-refractivity contribution < 1.29 is 9.52 Å². The van der Waals surface area contributed by atoms with Gasteiger partial charge in [0, 0.05) is 11.3 Å². The summed E-state index contributed by atoms with van der Waals surface area (Å²) in [5.41, 5.74) is 8.55. The molecule has 1 aromatic carbocycles. The number of nitrogen functional groups attached to an aromatic ring is 1. The molecule has 0 atom stereocenters. The maximum Gasteiger partial charge on any atom is 0.136 e. The molecular weight excluding hydrogens is 190 g/mol. The van der Waals surface area contributed by atoms with Gasteiger partial charge in [0.25, 0.3) is 0 Å². The second kappa shape index (κ2) is 3.79. The molecule has 1 heterocycles. The Morgan fingerprint density at radius 3 is 2.67 bits per heavy atom. The predicted octanol–water partition coefficient (Wildman–Crippen LogP) is 2.33. The van der Waals surface area contributed by atoms with E-state index < -0.39 is 0 Å². The van der Waals surface area contributed by atoms with Gasteiger partial charge in [0.05, 0.1) is 0 Å². The summed E-state index contributed by atoms with van der Waals surface area (Å²) < 4.78 is 5.41. The van der Waals surface area contributed by atoms with E-state index in [0.717, 1.165) is 11.1 Å². The number of furan rings is 1. The van der Waals surface area contributed by atoms with Crippen molar-refractivity contribution in [2.24, 2.45) is 0 Å². The first-order valence-electron chi connectivity index (χ1n) is 4.77. The zero-order chi connectivity index (χ0) is 10.8. The first-order chi connectivity index (χ1) is 7.20. The fourth-order valence-electron chi connectivity index (χ4n) is 1.51. The molecule has 2 aromatic rings. The largest absolute Gasteiger partial charge is 0.459 e. The lowest BCUT2D eigenvalue weighted by Gasteiger charge is -2.03. The van der Waals surface area contributed by atoms with Gasteiger partial charge in [-0.05, 0) is 36.8 Å². The Kier molecular flexibility index (Phi) is 2.47. The van der Waals surface area contributed by atoms with Crippen LogP contribution in [0.25, 0.3) is 11.3 Å². The molecule has 0 aliphatic carbocycles. The van der Waals surface area contributed by atoms with Crippen molar-refractivity contribution in [2.75, 3.05) is 5.73 Å². The Labute approximate surface area is 88.1 Å². The summed E-state index contributed by atoms with van der Waals surface area (Å²) >= 11 is 0. The monoisotopic (exact) mass is 203 g/mol. The topological polar surface area (TPSA) is 59.4 Å². The van der Waals surface area contributed by atoms with Gasteiger partial charge in [-0.3, -0.25) is 0 Å². The third kappa shape index (κ3) is 1.87. The number of rotatable bonds is 2. The van der Waals surface area contributed by atoms with Gasteiger partial charge in [0.1, 0.15) is 18.1 Å².